The molecule has 0 aromatic heterocycles. The molecule has 0 aliphatic rings. The lowest BCUT2D eigenvalue weighted by molar-refractivity contribution is -0.115. The summed E-state index contributed by atoms with van der Waals surface area (Å²) >= 11 is 16.2. The van der Waals surface area contributed by atoms with E-state index in [4.69, 9.17) is 39.5 Å². The number of methoxy groups -OCH3 is 1. The molecular formula is C9H8Cl3NO2. The summed E-state index contributed by atoms with van der Waals surface area (Å²) in [4.78, 5) is 11.3. The molecule has 0 bridgehead atoms. The SMILES string of the molecule is COc1ccc(NC(=O)C(Cl)(Cl)Cl)cc1. The number of alkyl halides is 3. The summed E-state index contributed by atoms with van der Waals surface area (Å²) in [6.45, 7) is 0. The Kier molecular flexibility index (Phi) is 4.08. The number of carbonyl (C=O) groups is 1. The Morgan fingerprint density at radius 1 is 1.27 bits per heavy atom. The summed E-state index contributed by atoms with van der Waals surface area (Å²) in [7, 11) is 1.55. The highest BCUT2D eigenvalue weighted by Crippen LogP contribution is 2.27. The minimum Gasteiger partial charge on any atom is -0.497 e. The number of nitrogens with one attached hydrogen (secondary N) is 1. The number of amides is 1. The molecule has 0 saturated carbocycles. The van der Waals surface area contributed by atoms with Gasteiger partial charge in [-0.05, 0) is 24.3 Å². The number of halogens is 3. The quantitative estimate of drug-likeness (QED) is 0.837. The topological polar surface area (TPSA) is 38.3 Å². The zero-order valence-corrected chi connectivity index (χ0v) is 10.0. The van der Waals surface area contributed by atoms with Gasteiger partial charge >= 0.3 is 0 Å². The van der Waals surface area contributed by atoms with Gasteiger partial charge in [0.1, 0.15) is 5.75 Å². The highest BCUT2D eigenvalue weighted by Gasteiger charge is 2.30. The minimum absolute atomic E-state index is 0.534. The van der Waals surface area contributed by atoms with Gasteiger partial charge in [0.05, 0.1) is 7.11 Å². The zero-order valence-electron chi connectivity index (χ0n) is 7.76. The van der Waals surface area contributed by atoms with Crippen molar-refractivity contribution in [2.24, 2.45) is 0 Å². The Morgan fingerprint density at radius 3 is 2.20 bits per heavy atom. The van der Waals surface area contributed by atoms with Crippen LogP contribution in [0.5, 0.6) is 5.75 Å². The first kappa shape index (κ1) is 12.4. The summed E-state index contributed by atoms with van der Waals surface area (Å²) in [6.07, 6.45) is 0. The molecule has 1 aromatic carbocycles. The number of carbonyl (C=O) groups excluding carboxylic acids is 1. The maximum Gasteiger partial charge on any atom is 0.276 e. The molecule has 0 aliphatic carbocycles. The molecule has 0 aliphatic heterocycles. The molecular weight excluding hydrogens is 260 g/mol. The van der Waals surface area contributed by atoms with Gasteiger partial charge in [0.2, 0.25) is 0 Å². The average Bonchev–Trinajstić information content (AvgIpc) is 2.17. The van der Waals surface area contributed by atoms with Crippen LogP contribution in [0.3, 0.4) is 0 Å². The smallest absolute Gasteiger partial charge is 0.276 e. The number of benzene rings is 1. The third-order valence-corrected chi connectivity index (χ3v) is 2.12. The predicted molar refractivity (Wildman–Crippen MR) is 61.9 cm³/mol. The molecule has 0 radical (unpaired) electrons. The normalized spacial score (nSPS) is 10.9. The summed E-state index contributed by atoms with van der Waals surface area (Å²) in [5.74, 6) is -0.0143. The number of hydrogen-bond acceptors (Lipinski definition) is 2. The van der Waals surface area contributed by atoms with Gasteiger partial charge in [0.15, 0.2) is 0 Å². The van der Waals surface area contributed by atoms with E-state index in [9.17, 15) is 4.79 Å². The lowest BCUT2D eigenvalue weighted by Gasteiger charge is -2.11. The first-order chi connectivity index (χ1) is 6.93. The van der Waals surface area contributed by atoms with E-state index in [0.717, 1.165) is 0 Å². The highest BCUT2D eigenvalue weighted by atomic mass is 35.6. The maximum atomic E-state index is 11.3. The molecule has 0 unspecified atom stereocenters. The molecule has 0 spiro atoms. The van der Waals surface area contributed by atoms with Crippen molar-refractivity contribution in [3.8, 4) is 5.75 Å². The second-order valence-corrected chi connectivity index (χ2v) is 4.96. The summed E-state index contributed by atoms with van der Waals surface area (Å²) in [5.41, 5.74) is 0.534. The number of hydrogen-bond donors (Lipinski definition) is 1. The van der Waals surface area contributed by atoms with Crippen LogP contribution in [0.25, 0.3) is 0 Å². The fraction of sp³-hybridized carbons (Fsp3) is 0.222. The Bertz CT molecular complexity index is 345. The van der Waals surface area contributed by atoms with Gasteiger partial charge < -0.3 is 10.1 Å². The molecule has 1 rings (SSSR count). The van der Waals surface area contributed by atoms with E-state index in [1.54, 1.807) is 31.4 Å². The van der Waals surface area contributed by atoms with Crippen molar-refractivity contribution < 1.29 is 9.53 Å². The van der Waals surface area contributed by atoms with Crippen LogP contribution in [0.4, 0.5) is 5.69 Å². The number of rotatable bonds is 2. The van der Waals surface area contributed by atoms with Gasteiger partial charge in [0, 0.05) is 5.69 Å². The van der Waals surface area contributed by atoms with Crippen molar-refractivity contribution in [1.82, 2.24) is 0 Å². The van der Waals surface area contributed by atoms with Gasteiger partial charge in [-0.25, -0.2) is 0 Å². The lowest BCUT2D eigenvalue weighted by atomic mass is 10.3. The molecule has 0 atom stereocenters. The van der Waals surface area contributed by atoms with Gasteiger partial charge in [-0.1, -0.05) is 34.8 Å². The third kappa shape index (κ3) is 3.78. The number of ether oxygens (including phenoxy) is 1. The van der Waals surface area contributed by atoms with Crippen molar-refractivity contribution in [1.29, 1.82) is 0 Å². The van der Waals surface area contributed by atoms with Crippen LogP contribution >= 0.6 is 34.8 Å². The summed E-state index contributed by atoms with van der Waals surface area (Å²) < 4.78 is 2.99. The van der Waals surface area contributed by atoms with E-state index < -0.39 is 9.70 Å². The molecule has 0 heterocycles. The van der Waals surface area contributed by atoms with Crippen LogP contribution in [0.15, 0.2) is 24.3 Å². The van der Waals surface area contributed by atoms with Crippen LogP contribution in [-0.2, 0) is 4.79 Å². The van der Waals surface area contributed by atoms with E-state index in [0.29, 0.717) is 11.4 Å². The van der Waals surface area contributed by atoms with Crippen molar-refractivity contribution in [3.05, 3.63) is 24.3 Å². The molecule has 15 heavy (non-hydrogen) atoms. The first-order valence-electron chi connectivity index (χ1n) is 3.95. The molecule has 1 aromatic rings. The Morgan fingerprint density at radius 2 is 1.80 bits per heavy atom. The van der Waals surface area contributed by atoms with Crippen LogP contribution in [-0.4, -0.2) is 16.8 Å². The first-order valence-corrected chi connectivity index (χ1v) is 5.09. The minimum atomic E-state index is -1.96. The van der Waals surface area contributed by atoms with Crippen molar-refractivity contribution in [3.63, 3.8) is 0 Å². The second kappa shape index (κ2) is 4.92. The molecule has 3 nitrogen and oxygen atoms in total. The summed E-state index contributed by atoms with van der Waals surface area (Å²) in [5, 5.41) is 2.44. The molecule has 1 amide bonds. The van der Waals surface area contributed by atoms with E-state index in [1.165, 1.54) is 0 Å². The molecule has 0 saturated heterocycles. The standard InChI is InChI=1S/C9H8Cl3NO2/c1-15-7-4-2-6(3-5-7)13-8(14)9(10,11)12/h2-5H,1H3,(H,13,14). The molecule has 0 fully saturated rings. The van der Waals surface area contributed by atoms with Gasteiger partial charge in [-0.15, -0.1) is 0 Å². The monoisotopic (exact) mass is 267 g/mol. The molecule has 82 valence electrons. The third-order valence-electron chi connectivity index (χ3n) is 1.61. The van der Waals surface area contributed by atoms with E-state index >= 15 is 0 Å². The van der Waals surface area contributed by atoms with Crippen molar-refractivity contribution in [2.75, 3.05) is 12.4 Å². The maximum absolute atomic E-state index is 11.3. The van der Waals surface area contributed by atoms with Crippen LogP contribution in [0, 0.1) is 0 Å². The lowest BCUT2D eigenvalue weighted by Crippen LogP contribution is -2.26. The molecule has 1 N–H and O–H groups in total. The fourth-order valence-corrected chi connectivity index (χ4v) is 1.02. The van der Waals surface area contributed by atoms with Crippen molar-refractivity contribution in [2.45, 2.75) is 3.79 Å². The average molecular weight is 269 g/mol. The summed E-state index contributed by atoms with van der Waals surface area (Å²) in [6, 6.07) is 6.67. The predicted octanol–water partition coefficient (Wildman–Crippen LogP) is 3.00. The Labute approximate surface area is 102 Å². The fourth-order valence-electron chi connectivity index (χ4n) is 0.876. The van der Waals surface area contributed by atoms with Gasteiger partial charge in [-0.3, -0.25) is 4.79 Å². The second-order valence-electron chi connectivity index (χ2n) is 2.68. The van der Waals surface area contributed by atoms with E-state index in [1.807, 2.05) is 0 Å². The molecule has 6 heteroatoms. The van der Waals surface area contributed by atoms with Crippen LogP contribution in [0.1, 0.15) is 0 Å². The highest BCUT2D eigenvalue weighted by molar-refractivity contribution is 6.76. The Hall–Kier alpha value is -0.640. The van der Waals surface area contributed by atoms with Crippen LogP contribution < -0.4 is 10.1 Å². The number of anilines is 1. The largest absolute Gasteiger partial charge is 0.497 e. The van der Waals surface area contributed by atoms with Crippen molar-refractivity contribution >= 4 is 46.4 Å². The van der Waals surface area contributed by atoms with Gasteiger partial charge in [0.25, 0.3) is 9.70 Å². The van der Waals surface area contributed by atoms with E-state index in [-0.39, 0.29) is 0 Å². The Balaban J connectivity index is 2.70. The van der Waals surface area contributed by atoms with Crippen LogP contribution in [0.2, 0.25) is 0 Å². The zero-order chi connectivity index (χ0) is 11.5. The van der Waals surface area contributed by atoms with E-state index in [2.05, 4.69) is 5.32 Å². The van der Waals surface area contributed by atoms with Gasteiger partial charge in [-0.2, -0.15) is 0 Å².